The predicted molar refractivity (Wildman–Crippen MR) is 77.7 cm³/mol. The third-order valence-electron chi connectivity index (χ3n) is 4.11. The molecule has 3 nitrogen and oxygen atoms in total. The standard InChI is InChI=1S/C14H26N2OS/c1-3-5-12-14(17)16(13(4-2)15-12)10-11-6-8-18-9-7-11/h11-13,15H,3-10H2,1-2H3. The van der Waals surface area contributed by atoms with E-state index in [1.807, 2.05) is 0 Å². The van der Waals surface area contributed by atoms with Crippen LogP contribution in [0.1, 0.15) is 46.0 Å². The largest absolute Gasteiger partial charge is 0.326 e. The molecule has 0 aromatic heterocycles. The van der Waals surface area contributed by atoms with Crippen LogP contribution in [-0.4, -0.2) is 41.1 Å². The highest BCUT2D eigenvalue weighted by atomic mass is 32.2. The molecule has 2 saturated heterocycles. The molecule has 18 heavy (non-hydrogen) atoms. The van der Waals surface area contributed by atoms with Crippen LogP contribution in [0.4, 0.5) is 0 Å². The van der Waals surface area contributed by atoms with E-state index in [0.29, 0.717) is 5.91 Å². The number of amides is 1. The zero-order chi connectivity index (χ0) is 13.0. The first-order valence-electron chi connectivity index (χ1n) is 7.40. The van der Waals surface area contributed by atoms with Crippen molar-refractivity contribution >= 4 is 17.7 Å². The van der Waals surface area contributed by atoms with Crippen molar-refractivity contribution < 1.29 is 4.79 Å². The maximum Gasteiger partial charge on any atom is 0.241 e. The van der Waals surface area contributed by atoms with Crippen LogP contribution < -0.4 is 5.32 Å². The molecule has 0 radical (unpaired) electrons. The fourth-order valence-electron chi connectivity index (χ4n) is 3.01. The SMILES string of the molecule is CCCC1NC(CC)N(CC2CCSCC2)C1=O. The Bertz CT molecular complexity index is 279. The second-order valence-corrected chi connectivity index (χ2v) is 6.70. The number of rotatable bonds is 5. The molecule has 1 amide bonds. The minimum Gasteiger partial charge on any atom is -0.326 e. The number of hydrogen-bond acceptors (Lipinski definition) is 3. The Morgan fingerprint density at radius 3 is 2.67 bits per heavy atom. The first-order chi connectivity index (χ1) is 8.76. The summed E-state index contributed by atoms with van der Waals surface area (Å²) in [5.74, 6) is 3.62. The Kier molecular flexibility index (Phi) is 5.37. The lowest BCUT2D eigenvalue weighted by Gasteiger charge is -2.30. The maximum absolute atomic E-state index is 12.4. The van der Waals surface area contributed by atoms with E-state index >= 15 is 0 Å². The van der Waals surface area contributed by atoms with Crippen molar-refractivity contribution in [1.29, 1.82) is 0 Å². The van der Waals surface area contributed by atoms with Crippen LogP contribution in [0.2, 0.25) is 0 Å². The number of hydrogen-bond donors (Lipinski definition) is 1. The number of carbonyl (C=O) groups is 1. The van der Waals surface area contributed by atoms with Gasteiger partial charge in [0.05, 0.1) is 12.2 Å². The molecule has 0 spiro atoms. The average molecular weight is 270 g/mol. The van der Waals surface area contributed by atoms with Gasteiger partial charge in [0.15, 0.2) is 0 Å². The van der Waals surface area contributed by atoms with E-state index in [4.69, 9.17) is 0 Å². The Labute approximate surface area is 115 Å². The van der Waals surface area contributed by atoms with Crippen LogP contribution in [-0.2, 0) is 4.79 Å². The van der Waals surface area contributed by atoms with Gasteiger partial charge in [-0.05, 0) is 43.1 Å². The van der Waals surface area contributed by atoms with E-state index in [-0.39, 0.29) is 12.2 Å². The van der Waals surface area contributed by atoms with Crippen molar-refractivity contribution in [2.75, 3.05) is 18.1 Å². The van der Waals surface area contributed by atoms with Crippen molar-refractivity contribution in [1.82, 2.24) is 10.2 Å². The third-order valence-corrected chi connectivity index (χ3v) is 5.16. The van der Waals surface area contributed by atoms with E-state index in [2.05, 4.69) is 35.8 Å². The third kappa shape index (κ3) is 3.21. The molecule has 2 rings (SSSR count). The highest BCUT2D eigenvalue weighted by molar-refractivity contribution is 7.99. The molecule has 2 heterocycles. The lowest BCUT2D eigenvalue weighted by atomic mass is 10.0. The van der Waals surface area contributed by atoms with Gasteiger partial charge in [-0.15, -0.1) is 0 Å². The second-order valence-electron chi connectivity index (χ2n) is 5.48. The monoisotopic (exact) mass is 270 g/mol. The normalized spacial score (nSPS) is 30.1. The molecule has 0 aliphatic carbocycles. The van der Waals surface area contributed by atoms with Gasteiger partial charge in [0.1, 0.15) is 0 Å². The minimum atomic E-state index is 0.0814. The van der Waals surface area contributed by atoms with Crippen LogP contribution >= 0.6 is 11.8 Å². The fourth-order valence-corrected chi connectivity index (χ4v) is 4.21. The topological polar surface area (TPSA) is 32.3 Å². The fraction of sp³-hybridized carbons (Fsp3) is 0.929. The zero-order valence-corrected chi connectivity index (χ0v) is 12.5. The zero-order valence-electron chi connectivity index (χ0n) is 11.7. The molecule has 2 fully saturated rings. The summed E-state index contributed by atoms with van der Waals surface area (Å²) in [7, 11) is 0. The lowest BCUT2D eigenvalue weighted by Crippen LogP contribution is -2.40. The van der Waals surface area contributed by atoms with Crippen LogP contribution in [0.3, 0.4) is 0 Å². The number of carbonyl (C=O) groups excluding carboxylic acids is 1. The summed E-state index contributed by atoms with van der Waals surface area (Å²) in [4.78, 5) is 14.5. The molecule has 4 heteroatoms. The molecule has 1 N–H and O–H groups in total. The Balaban J connectivity index is 1.93. The highest BCUT2D eigenvalue weighted by Crippen LogP contribution is 2.26. The number of nitrogens with one attached hydrogen (secondary N) is 1. The first-order valence-corrected chi connectivity index (χ1v) is 8.56. The van der Waals surface area contributed by atoms with E-state index in [0.717, 1.165) is 31.7 Å². The van der Waals surface area contributed by atoms with Crippen molar-refractivity contribution in [2.24, 2.45) is 5.92 Å². The summed E-state index contributed by atoms with van der Waals surface area (Å²) in [5.41, 5.74) is 0. The summed E-state index contributed by atoms with van der Waals surface area (Å²) >= 11 is 2.05. The molecule has 2 atom stereocenters. The van der Waals surface area contributed by atoms with E-state index in [9.17, 15) is 4.79 Å². The summed E-state index contributed by atoms with van der Waals surface area (Å²) in [6, 6.07) is 0.0814. The molecular formula is C14H26N2OS. The highest BCUT2D eigenvalue weighted by Gasteiger charge is 2.38. The van der Waals surface area contributed by atoms with Gasteiger partial charge in [-0.2, -0.15) is 11.8 Å². The van der Waals surface area contributed by atoms with Crippen LogP contribution in [0.15, 0.2) is 0 Å². The molecule has 2 aliphatic heterocycles. The van der Waals surface area contributed by atoms with Crippen molar-refractivity contribution in [3.05, 3.63) is 0 Å². The van der Waals surface area contributed by atoms with E-state index in [1.54, 1.807) is 0 Å². The van der Waals surface area contributed by atoms with E-state index < -0.39 is 0 Å². The molecule has 0 aromatic carbocycles. The van der Waals surface area contributed by atoms with Gasteiger partial charge in [0.25, 0.3) is 0 Å². The van der Waals surface area contributed by atoms with Gasteiger partial charge in [0.2, 0.25) is 5.91 Å². The molecule has 0 aromatic rings. The van der Waals surface area contributed by atoms with Gasteiger partial charge in [-0.25, -0.2) is 0 Å². The molecule has 104 valence electrons. The summed E-state index contributed by atoms with van der Waals surface area (Å²) in [6.07, 6.45) is 5.92. The summed E-state index contributed by atoms with van der Waals surface area (Å²) in [5, 5.41) is 3.50. The summed E-state index contributed by atoms with van der Waals surface area (Å²) < 4.78 is 0. The van der Waals surface area contributed by atoms with Gasteiger partial charge in [-0.1, -0.05) is 20.3 Å². The first kappa shape index (κ1) is 14.2. The van der Waals surface area contributed by atoms with Crippen LogP contribution in [0.5, 0.6) is 0 Å². The molecular weight excluding hydrogens is 244 g/mol. The smallest absolute Gasteiger partial charge is 0.241 e. The molecule has 0 saturated carbocycles. The van der Waals surface area contributed by atoms with Crippen molar-refractivity contribution in [3.63, 3.8) is 0 Å². The molecule has 0 bridgehead atoms. The van der Waals surface area contributed by atoms with Gasteiger partial charge >= 0.3 is 0 Å². The van der Waals surface area contributed by atoms with Crippen molar-refractivity contribution in [2.45, 2.75) is 58.2 Å². The van der Waals surface area contributed by atoms with Crippen molar-refractivity contribution in [3.8, 4) is 0 Å². The Morgan fingerprint density at radius 2 is 2.06 bits per heavy atom. The van der Waals surface area contributed by atoms with Gasteiger partial charge < -0.3 is 4.90 Å². The Morgan fingerprint density at radius 1 is 1.33 bits per heavy atom. The second kappa shape index (κ2) is 6.80. The lowest BCUT2D eigenvalue weighted by molar-refractivity contribution is -0.130. The molecule has 2 unspecified atom stereocenters. The van der Waals surface area contributed by atoms with Crippen LogP contribution in [0, 0.1) is 5.92 Å². The van der Waals surface area contributed by atoms with Gasteiger partial charge in [-0.3, -0.25) is 10.1 Å². The minimum absolute atomic E-state index is 0.0814. The quantitative estimate of drug-likeness (QED) is 0.833. The summed E-state index contributed by atoms with van der Waals surface area (Å²) in [6.45, 7) is 5.30. The number of nitrogens with zero attached hydrogens (tertiary/aromatic N) is 1. The average Bonchev–Trinajstić information content (AvgIpc) is 2.69. The van der Waals surface area contributed by atoms with E-state index in [1.165, 1.54) is 24.3 Å². The molecule has 2 aliphatic rings. The Hall–Kier alpha value is -0.220. The van der Waals surface area contributed by atoms with Gasteiger partial charge in [0, 0.05) is 6.54 Å². The predicted octanol–water partition coefficient (Wildman–Crippen LogP) is 2.47. The number of thioether (sulfide) groups is 1. The maximum atomic E-state index is 12.4. The van der Waals surface area contributed by atoms with Crippen LogP contribution in [0.25, 0.3) is 0 Å².